The second-order valence-corrected chi connectivity index (χ2v) is 7.06. The zero-order valence-corrected chi connectivity index (χ0v) is 14.8. The van der Waals surface area contributed by atoms with Gasteiger partial charge in [0, 0.05) is 5.56 Å². The van der Waals surface area contributed by atoms with Gasteiger partial charge in [0.2, 0.25) is 0 Å². The first kappa shape index (κ1) is 18.4. The minimum atomic E-state index is -4.79. The number of aliphatic hydroxyl groups excluding tert-OH is 1. The van der Waals surface area contributed by atoms with Crippen LogP contribution in [0.2, 0.25) is 0 Å². The number of rotatable bonds is 3. The summed E-state index contributed by atoms with van der Waals surface area (Å²) < 4.78 is 40.3. The monoisotopic (exact) mass is 407 g/mol. The fourth-order valence-corrected chi connectivity index (χ4v) is 4.18. The number of para-hydroxylation sites is 2. The van der Waals surface area contributed by atoms with E-state index in [1.54, 1.807) is 24.3 Å². The van der Waals surface area contributed by atoms with Gasteiger partial charge >= 0.3 is 6.18 Å². The fraction of sp³-hybridized carbons (Fsp3) is 0.167. The van der Waals surface area contributed by atoms with Crippen molar-refractivity contribution in [1.29, 1.82) is 0 Å². The van der Waals surface area contributed by atoms with Gasteiger partial charge in [-0.1, -0.05) is 35.8 Å². The SMILES string of the molecule is O=c1[nH]c2ccccc2nc1-c1cccc2c(=O)n(C(CO)C(F)(F)F)sc12. The van der Waals surface area contributed by atoms with Crippen LogP contribution in [-0.2, 0) is 0 Å². The normalized spacial score (nSPS) is 13.3. The molecule has 2 aromatic carbocycles. The van der Waals surface area contributed by atoms with Gasteiger partial charge in [0.15, 0.2) is 6.04 Å². The van der Waals surface area contributed by atoms with Gasteiger partial charge in [0.1, 0.15) is 5.69 Å². The van der Waals surface area contributed by atoms with E-state index in [1.165, 1.54) is 18.2 Å². The van der Waals surface area contributed by atoms with Gasteiger partial charge in [0.25, 0.3) is 11.1 Å². The number of hydrogen-bond donors (Lipinski definition) is 2. The largest absolute Gasteiger partial charge is 0.412 e. The molecule has 1 unspecified atom stereocenters. The van der Waals surface area contributed by atoms with Gasteiger partial charge in [-0.3, -0.25) is 9.59 Å². The lowest BCUT2D eigenvalue weighted by atomic mass is 10.1. The second kappa shape index (κ2) is 6.57. The van der Waals surface area contributed by atoms with E-state index in [1.807, 2.05) is 0 Å². The highest BCUT2D eigenvalue weighted by molar-refractivity contribution is 7.14. The van der Waals surface area contributed by atoms with Crippen molar-refractivity contribution < 1.29 is 18.3 Å². The van der Waals surface area contributed by atoms with E-state index in [0.29, 0.717) is 26.5 Å². The summed E-state index contributed by atoms with van der Waals surface area (Å²) in [6, 6.07) is 8.87. The standard InChI is InChI=1S/C18H12F3N3O3S/c19-18(20,21)13(8-25)24-17(27)10-5-3-4-9(15(10)28-24)14-16(26)23-12-7-2-1-6-11(12)22-14/h1-7,13,25H,8H2,(H,23,26). The highest BCUT2D eigenvalue weighted by atomic mass is 32.1. The molecule has 4 rings (SSSR count). The highest BCUT2D eigenvalue weighted by Crippen LogP contribution is 2.35. The van der Waals surface area contributed by atoms with Crippen LogP contribution in [-0.4, -0.2) is 31.8 Å². The Balaban J connectivity index is 2.00. The van der Waals surface area contributed by atoms with Crippen LogP contribution in [0.5, 0.6) is 0 Å². The lowest BCUT2D eigenvalue weighted by Gasteiger charge is -2.17. The first-order valence-electron chi connectivity index (χ1n) is 8.13. The molecular formula is C18H12F3N3O3S. The van der Waals surface area contributed by atoms with Crippen LogP contribution in [0.1, 0.15) is 6.04 Å². The molecule has 0 fully saturated rings. The number of fused-ring (bicyclic) bond motifs is 2. The molecule has 0 amide bonds. The minimum Gasteiger partial charge on any atom is -0.394 e. The summed E-state index contributed by atoms with van der Waals surface area (Å²) in [5, 5.41) is 9.20. The predicted octanol–water partition coefficient (Wildman–Crippen LogP) is 3.06. The molecule has 0 bridgehead atoms. The highest BCUT2D eigenvalue weighted by Gasteiger charge is 2.42. The van der Waals surface area contributed by atoms with E-state index >= 15 is 0 Å². The number of hydrogen-bond acceptors (Lipinski definition) is 5. The van der Waals surface area contributed by atoms with E-state index in [4.69, 9.17) is 0 Å². The number of nitrogens with one attached hydrogen (secondary N) is 1. The van der Waals surface area contributed by atoms with Crippen molar-refractivity contribution in [1.82, 2.24) is 13.9 Å². The number of halogens is 3. The molecular weight excluding hydrogens is 395 g/mol. The molecule has 2 N–H and O–H groups in total. The Morgan fingerprint density at radius 2 is 1.89 bits per heavy atom. The van der Waals surface area contributed by atoms with E-state index in [0.717, 1.165) is 0 Å². The molecule has 10 heteroatoms. The summed E-state index contributed by atoms with van der Waals surface area (Å²) in [5.74, 6) is 0. The topological polar surface area (TPSA) is 88.0 Å². The maximum atomic E-state index is 13.2. The Morgan fingerprint density at radius 1 is 1.14 bits per heavy atom. The van der Waals surface area contributed by atoms with Gasteiger partial charge in [-0.15, -0.1) is 0 Å². The Hall–Kier alpha value is -2.98. The molecule has 6 nitrogen and oxygen atoms in total. The van der Waals surface area contributed by atoms with Crippen molar-refractivity contribution in [2.45, 2.75) is 12.2 Å². The van der Waals surface area contributed by atoms with Gasteiger partial charge in [0.05, 0.1) is 27.7 Å². The van der Waals surface area contributed by atoms with Gasteiger partial charge in [-0.05, 0) is 18.2 Å². The maximum Gasteiger partial charge on any atom is 0.412 e. The average molecular weight is 407 g/mol. The average Bonchev–Trinajstić information content (AvgIpc) is 2.97. The number of aromatic amines is 1. The summed E-state index contributed by atoms with van der Waals surface area (Å²) in [6.07, 6.45) is -4.79. The molecule has 0 radical (unpaired) electrons. The molecule has 0 saturated carbocycles. The Kier molecular flexibility index (Phi) is 4.31. The number of H-pyrrole nitrogens is 1. The van der Waals surface area contributed by atoms with Crippen LogP contribution in [0.15, 0.2) is 52.1 Å². The molecule has 2 heterocycles. The molecule has 1 atom stereocenters. The number of aromatic nitrogens is 3. The van der Waals surface area contributed by atoms with Crippen LogP contribution >= 0.6 is 11.5 Å². The summed E-state index contributed by atoms with van der Waals surface area (Å²) in [7, 11) is 0. The number of benzene rings is 2. The fourth-order valence-electron chi connectivity index (χ4n) is 2.98. The number of aliphatic hydroxyl groups is 1. The minimum absolute atomic E-state index is 0.00487. The molecule has 144 valence electrons. The Labute approximate surface area is 158 Å². The van der Waals surface area contributed by atoms with Crippen LogP contribution < -0.4 is 11.1 Å². The van der Waals surface area contributed by atoms with Gasteiger partial charge in [-0.2, -0.15) is 13.2 Å². The zero-order valence-electron chi connectivity index (χ0n) is 14.0. The molecule has 0 aliphatic carbocycles. The first-order valence-corrected chi connectivity index (χ1v) is 8.90. The third-order valence-electron chi connectivity index (χ3n) is 4.32. The van der Waals surface area contributed by atoms with E-state index in [2.05, 4.69) is 9.97 Å². The molecule has 28 heavy (non-hydrogen) atoms. The predicted molar refractivity (Wildman–Crippen MR) is 99.6 cm³/mol. The molecule has 0 spiro atoms. The van der Waals surface area contributed by atoms with Crippen LogP contribution in [0.3, 0.4) is 0 Å². The van der Waals surface area contributed by atoms with Crippen molar-refractivity contribution in [2.24, 2.45) is 0 Å². The lowest BCUT2D eigenvalue weighted by molar-refractivity contribution is -0.174. The molecule has 0 aliphatic heterocycles. The van der Waals surface area contributed by atoms with Gasteiger partial charge < -0.3 is 10.1 Å². The third-order valence-corrected chi connectivity index (χ3v) is 5.56. The zero-order chi connectivity index (χ0) is 20.1. The lowest BCUT2D eigenvalue weighted by Crippen LogP contribution is -2.33. The number of nitrogens with zero attached hydrogens (tertiary/aromatic N) is 2. The Morgan fingerprint density at radius 3 is 2.61 bits per heavy atom. The Bertz CT molecular complexity index is 1310. The quantitative estimate of drug-likeness (QED) is 0.546. The van der Waals surface area contributed by atoms with Crippen LogP contribution in [0.4, 0.5) is 13.2 Å². The summed E-state index contributed by atoms with van der Waals surface area (Å²) in [4.78, 5) is 32.0. The van der Waals surface area contributed by atoms with Crippen molar-refractivity contribution in [3.8, 4) is 11.3 Å². The second-order valence-electron chi connectivity index (χ2n) is 6.08. The van der Waals surface area contributed by atoms with Crippen molar-refractivity contribution in [3.63, 3.8) is 0 Å². The smallest absolute Gasteiger partial charge is 0.394 e. The first-order chi connectivity index (χ1) is 13.3. The van der Waals surface area contributed by atoms with E-state index < -0.39 is 29.9 Å². The molecule has 0 aliphatic rings. The maximum absolute atomic E-state index is 13.2. The van der Waals surface area contributed by atoms with Crippen LogP contribution in [0, 0.1) is 0 Å². The molecule has 4 aromatic rings. The molecule has 2 aromatic heterocycles. The van der Waals surface area contributed by atoms with E-state index in [9.17, 15) is 27.9 Å². The number of alkyl halides is 3. The van der Waals surface area contributed by atoms with Gasteiger partial charge in [-0.25, -0.2) is 8.94 Å². The third kappa shape index (κ3) is 2.90. The summed E-state index contributed by atoms with van der Waals surface area (Å²) >= 11 is 0.550. The molecule has 0 saturated heterocycles. The van der Waals surface area contributed by atoms with E-state index in [-0.39, 0.29) is 21.3 Å². The summed E-state index contributed by atoms with van der Waals surface area (Å²) in [6.45, 7) is -1.26. The van der Waals surface area contributed by atoms with Crippen LogP contribution in [0.25, 0.3) is 32.4 Å². The summed E-state index contributed by atoms with van der Waals surface area (Å²) in [5.41, 5.74) is -0.117. The van der Waals surface area contributed by atoms with Crippen molar-refractivity contribution in [3.05, 3.63) is 63.2 Å². The van der Waals surface area contributed by atoms with Crippen molar-refractivity contribution in [2.75, 3.05) is 6.61 Å². The van der Waals surface area contributed by atoms with Crippen molar-refractivity contribution >= 4 is 32.7 Å².